The van der Waals surface area contributed by atoms with Gasteiger partial charge in [-0.3, -0.25) is 10.1 Å². The molecule has 12 heavy (non-hydrogen) atoms. The van der Waals surface area contributed by atoms with Crippen molar-refractivity contribution in [3.63, 3.8) is 0 Å². The molecule has 1 aromatic heterocycles. The van der Waals surface area contributed by atoms with Crippen LogP contribution in [0.4, 0.5) is 5.95 Å². The summed E-state index contributed by atoms with van der Waals surface area (Å²) in [4.78, 5) is 18.1. The second kappa shape index (κ2) is 3.77. The van der Waals surface area contributed by atoms with Gasteiger partial charge >= 0.3 is 0 Å². The molecule has 0 fully saturated rings. The third-order valence-electron chi connectivity index (χ3n) is 1.18. The molecule has 5 nitrogen and oxygen atoms in total. The number of aliphatic hydroxyl groups is 1. The molecule has 0 atom stereocenters. The third kappa shape index (κ3) is 2.28. The zero-order valence-electron chi connectivity index (χ0n) is 6.61. The lowest BCUT2D eigenvalue weighted by Gasteiger charge is -1.99. The summed E-state index contributed by atoms with van der Waals surface area (Å²) in [6.07, 6.45) is 2.91. The highest BCUT2D eigenvalue weighted by atomic mass is 16.3. The number of hydrogen-bond donors (Lipinski definition) is 2. The van der Waals surface area contributed by atoms with E-state index in [1.165, 1.54) is 19.3 Å². The summed E-state index contributed by atoms with van der Waals surface area (Å²) >= 11 is 0. The molecule has 0 radical (unpaired) electrons. The lowest BCUT2D eigenvalue weighted by atomic mass is 10.4. The van der Waals surface area contributed by atoms with E-state index in [1.54, 1.807) is 0 Å². The fourth-order valence-corrected chi connectivity index (χ4v) is 0.658. The minimum absolute atomic E-state index is 0.0969. The molecule has 0 aliphatic rings. The number of carbonyl (C=O) groups is 1. The maximum atomic E-state index is 10.5. The van der Waals surface area contributed by atoms with Crippen LogP contribution in [0.5, 0.6) is 0 Å². The maximum absolute atomic E-state index is 10.5. The smallest absolute Gasteiger partial charge is 0.229 e. The first-order valence-corrected chi connectivity index (χ1v) is 3.41. The number of nitrogens with zero attached hydrogens (tertiary/aromatic N) is 2. The van der Waals surface area contributed by atoms with E-state index in [-0.39, 0.29) is 18.5 Å². The normalized spacial score (nSPS) is 9.50. The molecule has 5 heteroatoms. The Kier molecular flexibility index (Phi) is 2.71. The van der Waals surface area contributed by atoms with Crippen molar-refractivity contribution in [1.82, 2.24) is 9.97 Å². The number of carbonyl (C=O) groups excluding carboxylic acids is 1. The van der Waals surface area contributed by atoms with Crippen molar-refractivity contribution in [2.24, 2.45) is 0 Å². The summed E-state index contributed by atoms with van der Waals surface area (Å²) < 4.78 is 0. The van der Waals surface area contributed by atoms with Gasteiger partial charge in [-0.1, -0.05) is 0 Å². The highest BCUT2D eigenvalue weighted by Crippen LogP contribution is 1.99. The molecule has 2 N–H and O–H groups in total. The summed E-state index contributed by atoms with van der Waals surface area (Å²) in [5.41, 5.74) is 0.615. The Labute approximate surface area is 69.5 Å². The van der Waals surface area contributed by atoms with Crippen molar-refractivity contribution < 1.29 is 9.90 Å². The topological polar surface area (TPSA) is 75.1 Å². The van der Waals surface area contributed by atoms with E-state index in [0.717, 1.165) is 0 Å². The Hall–Kier alpha value is -1.49. The molecular weight excluding hydrogens is 158 g/mol. The highest BCUT2D eigenvalue weighted by molar-refractivity contribution is 5.86. The minimum Gasteiger partial charge on any atom is -0.392 e. The Bertz CT molecular complexity index is 270. The molecule has 1 rings (SSSR count). The van der Waals surface area contributed by atoms with E-state index in [1.807, 2.05) is 0 Å². The first kappa shape index (κ1) is 8.61. The van der Waals surface area contributed by atoms with Crippen LogP contribution in [-0.4, -0.2) is 21.0 Å². The van der Waals surface area contributed by atoms with Crippen LogP contribution in [0.15, 0.2) is 12.4 Å². The Morgan fingerprint density at radius 3 is 2.58 bits per heavy atom. The summed E-state index contributed by atoms with van der Waals surface area (Å²) in [5, 5.41) is 11.1. The monoisotopic (exact) mass is 167 g/mol. The van der Waals surface area contributed by atoms with Gasteiger partial charge in [-0.2, -0.15) is 0 Å². The lowest BCUT2D eigenvalue weighted by molar-refractivity contribution is -0.114. The average molecular weight is 167 g/mol. The van der Waals surface area contributed by atoms with Crippen LogP contribution in [0.25, 0.3) is 0 Å². The molecule has 1 heterocycles. The SMILES string of the molecule is CC(=O)Nc1ncc(CO)cn1. The van der Waals surface area contributed by atoms with Crippen LogP contribution in [0, 0.1) is 0 Å². The number of aliphatic hydroxyl groups excluding tert-OH is 1. The zero-order chi connectivity index (χ0) is 8.97. The van der Waals surface area contributed by atoms with E-state index in [4.69, 9.17) is 5.11 Å². The molecule has 0 aliphatic carbocycles. The van der Waals surface area contributed by atoms with Gasteiger partial charge in [-0.05, 0) is 0 Å². The molecule has 0 bridgehead atoms. The highest BCUT2D eigenvalue weighted by Gasteiger charge is 1.97. The summed E-state index contributed by atoms with van der Waals surface area (Å²) in [7, 11) is 0. The summed E-state index contributed by atoms with van der Waals surface area (Å²) in [6.45, 7) is 1.28. The van der Waals surface area contributed by atoms with Crippen LogP contribution in [0.1, 0.15) is 12.5 Å². The lowest BCUT2D eigenvalue weighted by Crippen LogP contribution is -2.09. The van der Waals surface area contributed by atoms with E-state index in [0.29, 0.717) is 5.56 Å². The molecule has 0 aromatic carbocycles. The fraction of sp³-hybridized carbons (Fsp3) is 0.286. The van der Waals surface area contributed by atoms with Crippen molar-refractivity contribution in [3.05, 3.63) is 18.0 Å². The molecule has 0 saturated heterocycles. The van der Waals surface area contributed by atoms with Gasteiger partial charge in [0.15, 0.2) is 0 Å². The fourth-order valence-electron chi connectivity index (χ4n) is 0.658. The molecule has 1 amide bonds. The zero-order valence-corrected chi connectivity index (χ0v) is 6.61. The number of aromatic nitrogens is 2. The van der Waals surface area contributed by atoms with Crippen LogP contribution in [-0.2, 0) is 11.4 Å². The van der Waals surface area contributed by atoms with Crippen LogP contribution in [0.2, 0.25) is 0 Å². The van der Waals surface area contributed by atoms with Crippen molar-refractivity contribution in [1.29, 1.82) is 0 Å². The van der Waals surface area contributed by atoms with Crippen molar-refractivity contribution in [2.75, 3.05) is 5.32 Å². The Morgan fingerprint density at radius 2 is 2.17 bits per heavy atom. The molecule has 0 aliphatic heterocycles. The number of hydrogen-bond acceptors (Lipinski definition) is 4. The van der Waals surface area contributed by atoms with Crippen molar-refractivity contribution >= 4 is 11.9 Å². The van der Waals surface area contributed by atoms with Gasteiger partial charge in [0.1, 0.15) is 0 Å². The van der Waals surface area contributed by atoms with Gasteiger partial charge in [0.25, 0.3) is 0 Å². The van der Waals surface area contributed by atoms with Crippen molar-refractivity contribution in [2.45, 2.75) is 13.5 Å². The molecule has 1 aromatic rings. The van der Waals surface area contributed by atoms with Gasteiger partial charge in [0.05, 0.1) is 6.61 Å². The summed E-state index contributed by atoms with van der Waals surface area (Å²) in [5.74, 6) is 0.0337. The minimum atomic E-state index is -0.216. The average Bonchev–Trinajstić information content (AvgIpc) is 2.05. The predicted octanol–water partition coefficient (Wildman–Crippen LogP) is -0.0727. The van der Waals surface area contributed by atoms with E-state index < -0.39 is 0 Å². The van der Waals surface area contributed by atoms with Gasteiger partial charge in [-0.25, -0.2) is 9.97 Å². The van der Waals surface area contributed by atoms with Gasteiger partial charge in [0, 0.05) is 24.9 Å². The number of rotatable bonds is 2. The summed E-state index contributed by atoms with van der Waals surface area (Å²) in [6, 6.07) is 0. The van der Waals surface area contributed by atoms with E-state index in [9.17, 15) is 4.79 Å². The third-order valence-corrected chi connectivity index (χ3v) is 1.18. The van der Waals surface area contributed by atoms with Gasteiger partial charge in [-0.15, -0.1) is 0 Å². The quantitative estimate of drug-likeness (QED) is 0.646. The van der Waals surface area contributed by atoms with Crippen LogP contribution in [0.3, 0.4) is 0 Å². The van der Waals surface area contributed by atoms with Gasteiger partial charge in [0.2, 0.25) is 11.9 Å². The second-order valence-electron chi connectivity index (χ2n) is 2.25. The largest absolute Gasteiger partial charge is 0.392 e. The molecule has 0 saturated carbocycles. The number of anilines is 1. The maximum Gasteiger partial charge on any atom is 0.229 e. The van der Waals surface area contributed by atoms with Crippen molar-refractivity contribution in [3.8, 4) is 0 Å². The predicted molar refractivity (Wildman–Crippen MR) is 42.3 cm³/mol. The number of nitrogens with one attached hydrogen (secondary N) is 1. The van der Waals surface area contributed by atoms with Crippen LogP contribution < -0.4 is 5.32 Å². The Morgan fingerprint density at radius 1 is 1.58 bits per heavy atom. The van der Waals surface area contributed by atoms with E-state index >= 15 is 0 Å². The molecule has 0 spiro atoms. The van der Waals surface area contributed by atoms with Gasteiger partial charge < -0.3 is 5.11 Å². The number of amides is 1. The standard InChI is InChI=1S/C7H9N3O2/c1-5(12)10-7-8-2-6(4-11)3-9-7/h2-3,11H,4H2,1H3,(H,8,9,10,12). The first-order valence-electron chi connectivity index (χ1n) is 3.41. The first-order chi connectivity index (χ1) is 5.72. The molecule has 0 unspecified atom stereocenters. The Balaban J connectivity index is 2.71. The van der Waals surface area contributed by atoms with Crippen LogP contribution >= 0.6 is 0 Å². The second-order valence-corrected chi connectivity index (χ2v) is 2.25. The molecular formula is C7H9N3O2. The van der Waals surface area contributed by atoms with E-state index in [2.05, 4.69) is 15.3 Å². The molecule has 64 valence electrons.